The number of carbonyl (C=O) groups is 1. The third-order valence-electron chi connectivity index (χ3n) is 2.77. The fraction of sp³-hybridized carbons (Fsp3) is 0.917. The van der Waals surface area contributed by atoms with Gasteiger partial charge in [0.2, 0.25) is 0 Å². The van der Waals surface area contributed by atoms with Gasteiger partial charge in [-0.05, 0) is 0 Å². The molecule has 0 heterocycles. The molecule has 0 rings (SSSR count). The molecule has 0 saturated carbocycles. The number of carbonyl (C=O) groups excluding carboxylic acids is 1. The van der Waals surface area contributed by atoms with Crippen molar-refractivity contribution in [2.45, 2.75) is 66.7 Å². The number of rotatable bonds is 8. The standard InChI is InChI=1S/2C4H9.C3H6O2.CH3.Sn/c2*1-3-4-2;1-2-3(4)5;;/h2*1,3-4H2,2H3;2H2,1H3,(H,4,5);1H3;/q;;;;+1/p-1. The predicted molar refractivity (Wildman–Crippen MR) is 67.4 cm³/mol. The van der Waals surface area contributed by atoms with Gasteiger partial charge in [0.1, 0.15) is 0 Å². The van der Waals surface area contributed by atoms with Crippen molar-refractivity contribution in [3.63, 3.8) is 0 Å². The van der Waals surface area contributed by atoms with Crippen LogP contribution in [0, 0.1) is 0 Å². The minimum atomic E-state index is -2.49. The van der Waals surface area contributed by atoms with E-state index in [4.69, 9.17) is 3.07 Å². The number of unbranched alkanes of at least 4 members (excludes halogenated alkanes) is 2. The summed E-state index contributed by atoms with van der Waals surface area (Å²) in [6, 6.07) is 0. The molecule has 0 N–H and O–H groups in total. The fourth-order valence-corrected chi connectivity index (χ4v) is 11.2. The normalized spacial score (nSPS) is 11.5. The zero-order chi connectivity index (χ0) is 11.7. The minimum absolute atomic E-state index is 0.0282. The zero-order valence-corrected chi connectivity index (χ0v) is 13.6. The molecule has 0 atom stereocenters. The van der Waals surface area contributed by atoms with Gasteiger partial charge < -0.3 is 0 Å². The van der Waals surface area contributed by atoms with E-state index in [9.17, 15) is 4.79 Å². The van der Waals surface area contributed by atoms with Crippen molar-refractivity contribution in [2.24, 2.45) is 0 Å². The second-order valence-corrected chi connectivity index (χ2v) is 16.2. The molecular weight excluding hydrogens is 295 g/mol. The van der Waals surface area contributed by atoms with Crippen LogP contribution in [0.2, 0.25) is 13.8 Å². The van der Waals surface area contributed by atoms with Gasteiger partial charge in [-0.15, -0.1) is 0 Å². The Bertz CT molecular complexity index is 172. The fourth-order valence-electron chi connectivity index (χ4n) is 1.68. The quantitative estimate of drug-likeness (QED) is 0.629. The second-order valence-electron chi connectivity index (χ2n) is 4.48. The van der Waals surface area contributed by atoms with Gasteiger partial charge in [-0.25, -0.2) is 0 Å². The molecule has 0 aromatic carbocycles. The molecule has 0 aliphatic carbocycles. The van der Waals surface area contributed by atoms with E-state index in [1.165, 1.54) is 34.6 Å². The second kappa shape index (κ2) is 8.42. The summed E-state index contributed by atoms with van der Waals surface area (Å²) in [5.74, 6) is 0.0282. The summed E-state index contributed by atoms with van der Waals surface area (Å²) in [5, 5.41) is 0. The first-order chi connectivity index (χ1) is 7.08. The molecule has 0 bridgehead atoms. The number of hydrogen-bond donors (Lipinski definition) is 0. The molecule has 0 spiro atoms. The van der Waals surface area contributed by atoms with Crippen LogP contribution in [0.25, 0.3) is 0 Å². The van der Waals surface area contributed by atoms with Crippen LogP contribution >= 0.6 is 0 Å². The molecule has 15 heavy (non-hydrogen) atoms. The van der Waals surface area contributed by atoms with Crippen LogP contribution in [0.4, 0.5) is 0 Å². The molecule has 0 aliphatic rings. The van der Waals surface area contributed by atoms with Gasteiger partial charge in [0.05, 0.1) is 0 Å². The maximum absolute atomic E-state index is 11.4. The van der Waals surface area contributed by atoms with Gasteiger partial charge in [0.25, 0.3) is 0 Å². The first kappa shape index (κ1) is 15.3. The van der Waals surface area contributed by atoms with Crippen LogP contribution in [-0.4, -0.2) is 24.8 Å². The van der Waals surface area contributed by atoms with Crippen LogP contribution in [-0.2, 0) is 7.87 Å². The Morgan fingerprint density at radius 3 is 1.87 bits per heavy atom. The van der Waals surface area contributed by atoms with E-state index in [1.807, 2.05) is 6.92 Å². The molecule has 0 aromatic rings. The summed E-state index contributed by atoms with van der Waals surface area (Å²) in [4.78, 5) is 13.7. The SMILES string of the molecule is CCC[CH2][Sn]([CH3])([CH2]CCC)[O]C(=O)CC. The molecule has 0 aliphatic heterocycles. The van der Waals surface area contributed by atoms with E-state index in [2.05, 4.69) is 18.8 Å². The molecule has 0 unspecified atom stereocenters. The van der Waals surface area contributed by atoms with Crippen LogP contribution in [0.15, 0.2) is 0 Å². The monoisotopic (exact) mass is 322 g/mol. The van der Waals surface area contributed by atoms with Gasteiger partial charge in [-0.1, -0.05) is 0 Å². The molecule has 90 valence electrons. The van der Waals surface area contributed by atoms with Crippen LogP contribution in [0.1, 0.15) is 52.9 Å². The Morgan fingerprint density at radius 1 is 1.07 bits per heavy atom. The van der Waals surface area contributed by atoms with E-state index in [1.54, 1.807) is 0 Å². The third kappa shape index (κ3) is 7.20. The van der Waals surface area contributed by atoms with Crippen molar-refractivity contribution in [3.05, 3.63) is 0 Å². The molecule has 0 amide bonds. The van der Waals surface area contributed by atoms with Crippen molar-refractivity contribution in [1.82, 2.24) is 0 Å². The van der Waals surface area contributed by atoms with Crippen LogP contribution < -0.4 is 0 Å². The zero-order valence-electron chi connectivity index (χ0n) is 10.8. The number of hydrogen-bond acceptors (Lipinski definition) is 2. The first-order valence-corrected chi connectivity index (χ1v) is 14.3. The van der Waals surface area contributed by atoms with Crippen LogP contribution in [0.3, 0.4) is 0 Å². The Hall–Kier alpha value is 0.269. The molecular formula is C12H26O2Sn. The van der Waals surface area contributed by atoms with Crippen molar-refractivity contribution >= 4 is 24.8 Å². The summed E-state index contributed by atoms with van der Waals surface area (Å²) in [7, 11) is 0. The van der Waals surface area contributed by atoms with E-state index in [-0.39, 0.29) is 5.97 Å². The summed E-state index contributed by atoms with van der Waals surface area (Å²) >= 11 is -2.49. The summed E-state index contributed by atoms with van der Waals surface area (Å²) in [6.45, 7) is 6.29. The van der Waals surface area contributed by atoms with Gasteiger partial charge >= 0.3 is 99.3 Å². The third-order valence-corrected chi connectivity index (χ3v) is 12.9. The van der Waals surface area contributed by atoms with E-state index < -0.39 is 18.8 Å². The van der Waals surface area contributed by atoms with Crippen molar-refractivity contribution in [3.8, 4) is 0 Å². The van der Waals surface area contributed by atoms with Crippen molar-refractivity contribution in [1.29, 1.82) is 0 Å². The van der Waals surface area contributed by atoms with Gasteiger partial charge in [0, 0.05) is 0 Å². The van der Waals surface area contributed by atoms with Gasteiger partial charge in [-0.3, -0.25) is 0 Å². The Kier molecular flexibility index (Phi) is 8.57. The molecule has 2 nitrogen and oxygen atoms in total. The summed E-state index contributed by atoms with van der Waals surface area (Å²) in [6.07, 6.45) is 5.41. The van der Waals surface area contributed by atoms with E-state index in [0.29, 0.717) is 6.42 Å². The van der Waals surface area contributed by atoms with Crippen molar-refractivity contribution in [2.75, 3.05) is 0 Å². The summed E-state index contributed by atoms with van der Waals surface area (Å²) < 4.78 is 8.17. The van der Waals surface area contributed by atoms with Gasteiger partial charge in [-0.2, -0.15) is 0 Å². The molecule has 0 saturated heterocycles. The molecule has 3 heteroatoms. The molecule has 0 fully saturated rings. The summed E-state index contributed by atoms with van der Waals surface area (Å²) in [5.41, 5.74) is 0. The van der Waals surface area contributed by atoms with E-state index >= 15 is 0 Å². The average molecular weight is 321 g/mol. The maximum atomic E-state index is 11.4. The molecule has 0 radical (unpaired) electrons. The Labute approximate surface area is 99.2 Å². The predicted octanol–water partition coefficient (Wildman–Crippen LogP) is 4.12. The van der Waals surface area contributed by atoms with E-state index in [0.717, 1.165) is 0 Å². The molecule has 0 aromatic heterocycles. The van der Waals surface area contributed by atoms with Crippen LogP contribution in [0.5, 0.6) is 0 Å². The van der Waals surface area contributed by atoms with Crippen molar-refractivity contribution < 1.29 is 7.87 Å². The average Bonchev–Trinajstić information content (AvgIpc) is 2.23. The van der Waals surface area contributed by atoms with Gasteiger partial charge in [0.15, 0.2) is 0 Å². The first-order valence-electron chi connectivity index (χ1n) is 6.29. The Balaban J connectivity index is 4.18. The topological polar surface area (TPSA) is 26.3 Å². The Morgan fingerprint density at radius 2 is 1.53 bits per heavy atom.